The summed E-state index contributed by atoms with van der Waals surface area (Å²) in [6.45, 7) is 4.55. The number of nitrogens with zero attached hydrogens (tertiary/aromatic N) is 1. The summed E-state index contributed by atoms with van der Waals surface area (Å²) < 4.78 is 7.00. The van der Waals surface area contributed by atoms with Crippen LogP contribution in [0.5, 0.6) is 5.75 Å². The van der Waals surface area contributed by atoms with Gasteiger partial charge in [-0.15, -0.1) is 0 Å². The van der Waals surface area contributed by atoms with Gasteiger partial charge in [-0.1, -0.05) is 23.8 Å². The van der Waals surface area contributed by atoms with Gasteiger partial charge in [-0.25, -0.2) is 0 Å². The summed E-state index contributed by atoms with van der Waals surface area (Å²) in [5.74, 6) is 0.703. The Bertz CT molecular complexity index is 662. The number of ether oxygens (including phenoxy) is 1. The summed E-state index contributed by atoms with van der Waals surface area (Å²) in [5.41, 5.74) is 8.74. The fraction of sp³-hybridized carbons (Fsp3) is 0.312. The maximum atomic E-state index is 12.3. The highest BCUT2D eigenvalue weighted by Gasteiger charge is 2.17. The highest BCUT2D eigenvalue weighted by Crippen LogP contribution is 2.27. The lowest BCUT2D eigenvalue weighted by atomic mass is 9.98. The van der Waals surface area contributed by atoms with Gasteiger partial charge >= 0.3 is 0 Å². The third-order valence-electron chi connectivity index (χ3n) is 3.45. The molecule has 1 atom stereocenters. The van der Waals surface area contributed by atoms with Crippen molar-refractivity contribution in [2.45, 2.75) is 26.4 Å². The number of methoxy groups -OCH3 is 1. The Morgan fingerprint density at radius 2 is 2.05 bits per heavy atom. The topological polar surface area (TPSA) is 57.2 Å². The van der Waals surface area contributed by atoms with Gasteiger partial charge < -0.3 is 15.0 Å². The highest BCUT2D eigenvalue weighted by atomic mass is 16.5. The zero-order chi connectivity index (χ0) is 14.7. The second kappa shape index (κ2) is 5.92. The number of hydrogen-bond acceptors (Lipinski definition) is 3. The van der Waals surface area contributed by atoms with E-state index >= 15 is 0 Å². The van der Waals surface area contributed by atoms with Crippen molar-refractivity contribution in [3.8, 4) is 5.75 Å². The molecule has 0 fully saturated rings. The molecule has 0 saturated carbocycles. The van der Waals surface area contributed by atoms with Gasteiger partial charge in [0.1, 0.15) is 5.75 Å². The van der Waals surface area contributed by atoms with Gasteiger partial charge in [-0.2, -0.15) is 0 Å². The Morgan fingerprint density at radius 1 is 1.30 bits per heavy atom. The van der Waals surface area contributed by atoms with Crippen molar-refractivity contribution in [2.24, 2.45) is 5.73 Å². The summed E-state index contributed by atoms with van der Waals surface area (Å²) >= 11 is 0. The molecular weight excluding hydrogens is 252 g/mol. The molecule has 0 spiro atoms. The SMILES string of the molecule is CCn1cccc(C(N)c2cc(C)ccc2OC)c1=O. The third kappa shape index (κ3) is 2.60. The Balaban J connectivity index is 2.54. The number of aromatic nitrogens is 1. The summed E-state index contributed by atoms with van der Waals surface area (Å²) in [5, 5.41) is 0. The first-order valence-electron chi connectivity index (χ1n) is 6.68. The lowest BCUT2D eigenvalue weighted by Gasteiger charge is -2.17. The van der Waals surface area contributed by atoms with Crippen LogP contribution in [-0.2, 0) is 6.54 Å². The smallest absolute Gasteiger partial charge is 0.255 e. The minimum absolute atomic E-state index is 0.0499. The van der Waals surface area contributed by atoms with Gasteiger partial charge in [-0.3, -0.25) is 4.79 Å². The average molecular weight is 272 g/mol. The van der Waals surface area contributed by atoms with Crippen molar-refractivity contribution in [3.05, 3.63) is 63.6 Å². The molecule has 4 nitrogen and oxygen atoms in total. The second-order valence-electron chi connectivity index (χ2n) is 4.78. The van der Waals surface area contributed by atoms with E-state index in [9.17, 15) is 4.79 Å². The lowest BCUT2D eigenvalue weighted by Crippen LogP contribution is -2.28. The Morgan fingerprint density at radius 3 is 2.70 bits per heavy atom. The maximum Gasteiger partial charge on any atom is 0.255 e. The van der Waals surface area contributed by atoms with E-state index in [1.165, 1.54) is 0 Å². The van der Waals surface area contributed by atoms with Crippen LogP contribution in [0, 0.1) is 6.92 Å². The van der Waals surface area contributed by atoms with Crippen molar-refractivity contribution in [1.29, 1.82) is 0 Å². The van der Waals surface area contributed by atoms with Crippen LogP contribution < -0.4 is 16.0 Å². The number of nitrogens with two attached hydrogens (primary N) is 1. The summed E-state index contributed by atoms with van der Waals surface area (Å²) in [4.78, 5) is 12.3. The molecule has 0 aliphatic rings. The zero-order valence-corrected chi connectivity index (χ0v) is 12.1. The first-order chi connectivity index (χ1) is 9.58. The quantitative estimate of drug-likeness (QED) is 0.928. The van der Waals surface area contributed by atoms with E-state index in [1.807, 2.05) is 38.1 Å². The van der Waals surface area contributed by atoms with Crippen molar-refractivity contribution in [1.82, 2.24) is 4.57 Å². The van der Waals surface area contributed by atoms with Crippen molar-refractivity contribution in [3.63, 3.8) is 0 Å². The minimum Gasteiger partial charge on any atom is -0.496 e. The molecule has 2 rings (SSSR count). The minimum atomic E-state index is -0.489. The number of hydrogen-bond donors (Lipinski definition) is 1. The zero-order valence-electron chi connectivity index (χ0n) is 12.1. The lowest BCUT2D eigenvalue weighted by molar-refractivity contribution is 0.407. The van der Waals surface area contributed by atoms with Crippen LogP contribution in [0.15, 0.2) is 41.3 Å². The molecule has 0 radical (unpaired) electrons. The van der Waals surface area contributed by atoms with E-state index in [4.69, 9.17) is 10.5 Å². The number of rotatable bonds is 4. The molecule has 20 heavy (non-hydrogen) atoms. The van der Waals surface area contributed by atoms with E-state index in [-0.39, 0.29) is 5.56 Å². The van der Waals surface area contributed by atoms with Gasteiger partial charge in [-0.05, 0) is 26.0 Å². The number of pyridine rings is 1. The molecule has 0 bridgehead atoms. The average Bonchev–Trinajstić information content (AvgIpc) is 2.46. The van der Waals surface area contributed by atoms with E-state index in [0.29, 0.717) is 17.9 Å². The number of aryl methyl sites for hydroxylation is 2. The summed E-state index contributed by atoms with van der Waals surface area (Å²) in [6.07, 6.45) is 1.77. The van der Waals surface area contributed by atoms with Gasteiger partial charge in [0.2, 0.25) is 0 Å². The maximum absolute atomic E-state index is 12.3. The monoisotopic (exact) mass is 272 g/mol. The van der Waals surface area contributed by atoms with Crippen LogP contribution in [-0.4, -0.2) is 11.7 Å². The predicted octanol–water partition coefficient (Wildman–Crippen LogP) is 2.23. The second-order valence-corrected chi connectivity index (χ2v) is 4.78. The standard InChI is InChI=1S/C16H20N2O2/c1-4-18-9-5-6-12(16(18)19)15(17)13-10-11(2)7-8-14(13)20-3/h5-10,15H,4,17H2,1-3H3. The van der Waals surface area contributed by atoms with E-state index in [0.717, 1.165) is 11.1 Å². The molecule has 1 aromatic heterocycles. The van der Waals surface area contributed by atoms with Gasteiger partial charge in [0, 0.05) is 23.9 Å². The number of benzene rings is 1. The van der Waals surface area contributed by atoms with Gasteiger partial charge in [0.05, 0.1) is 13.2 Å². The van der Waals surface area contributed by atoms with E-state index in [2.05, 4.69) is 0 Å². The van der Waals surface area contributed by atoms with Crippen LogP contribution >= 0.6 is 0 Å². The predicted molar refractivity (Wildman–Crippen MR) is 80.1 cm³/mol. The molecule has 1 aromatic carbocycles. The molecular formula is C16H20N2O2. The van der Waals surface area contributed by atoms with Crippen LogP contribution in [0.2, 0.25) is 0 Å². The van der Waals surface area contributed by atoms with E-state index in [1.54, 1.807) is 23.9 Å². The molecule has 0 aliphatic carbocycles. The molecule has 4 heteroatoms. The third-order valence-corrected chi connectivity index (χ3v) is 3.45. The Kier molecular flexibility index (Phi) is 4.25. The molecule has 1 heterocycles. The van der Waals surface area contributed by atoms with Crippen LogP contribution in [0.1, 0.15) is 29.7 Å². The first-order valence-corrected chi connectivity index (χ1v) is 6.68. The molecule has 2 N–H and O–H groups in total. The molecule has 2 aromatic rings. The van der Waals surface area contributed by atoms with E-state index < -0.39 is 6.04 Å². The van der Waals surface area contributed by atoms with Crippen molar-refractivity contribution >= 4 is 0 Å². The molecule has 1 unspecified atom stereocenters. The largest absolute Gasteiger partial charge is 0.496 e. The molecule has 0 aliphatic heterocycles. The Hall–Kier alpha value is -2.07. The van der Waals surface area contributed by atoms with Crippen LogP contribution in [0.25, 0.3) is 0 Å². The van der Waals surface area contributed by atoms with Crippen molar-refractivity contribution < 1.29 is 4.74 Å². The molecule has 106 valence electrons. The van der Waals surface area contributed by atoms with Crippen LogP contribution in [0.3, 0.4) is 0 Å². The van der Waals surface area contributed by atoms with Crippen molar-refractivity contribution in [2.75, 3.05) is 7.11 Å². The normalized spacial score (nSPS) is 12.2. The fourth-order valence-electron chi connectivity index (χ4n) is 2.31. The van der Waals surface area contributed by atoms with Gasteiger partial charge in [0.15, 0.2) is 0 Å². The van der Waals surface area contributed by atoms with Gasteiger partial charge in [0.25, 0.3) is 5.56 Å². The van der Waals surface area contributed by atoms with Crippen LogP contribution in [0.4, 0.5) is 0 Å². The summed E-state index contributed by atoms with van der Waals surface area (Å²) in [6, 6.07) is 8.95. The highest BCUT2D eigenvalue weighted by molar-refractivity contribution is 5.43. The first kappa shape index (κ1) is 14.3. The molecule has 0 amide bonds. The molecule has 0 saturated heterocycles. The fourth-order valence-corrected chi connectivity index (χ4v) is 2.31. The Labute approximate surface area is 118 Å². The summed E-state index contributed by atoms with van der Waals surface area (Å²) in [7, 11) is 1.61.